The molecule has 3 N–H and O–H groups in total. The number of nitrogens with one attached hydrogen (secondary N) is 1. The Labute approximate surface area is 125 Å². The average molecular weight is 312 g/mol. The molecule has 2 rings (SSSR count). The van der Waals surface area contributed by atoms with Crippen molar-refractivity contribution in [1.29, 1.82) is 0 Å². The summed E-state index contributed by atoms with van der Waals surface area (Å²) in [5, 5.41) is 20.6. The molecule has 1 aromatic carbocycles. The molecule has 6 nitrogen and oxygen atoms in total. The van der Waals surface area contributed by atoms with Crippen LogP contribution in [-0.4, -0.2) is 28.1 Å². The lowest BCUT2D eigenvalue weighted by Gasteiger charge is -2.08. The molecule has 1 amide bonds. The van der Waals surface area contributed by atoms with Gasteiger partial charge in [0, 0.05) is 5.69 Å². The van der Waals surface area contributed by atoms with E-state index in [0.717, 1.165) is 0 Å². The Bertz CT molecular complexity index is 640. The largest absolute Gasteiger partial charge is 0.481 e. The number of rotatable bonds is 4. The first-order valence-corrected chi connectivity index (χ1v) is 6.60. The van der Waals surface area contributed by atoms with Gasteiger partial charge in [-0.25, -0.2) is 4.79 Å². The number of aromatic carboxylic acids is 1. The predicted octanol–water partition coefficient (Wildman–Crippen LogP) is 2.33. The number of hydrogen-bond donors (Lipinski definition) is 3. The predicted molar refractivity (Wildman–Crippen MR) is 75.4 cm³/mol. The number of benzene rings is 1. The Morgan fingerprint density at radius 2 is 1.81 bits per heavy atom. The van der Waals surface area contributed by atoms with Gasteiger partial charge in [-0.05, 0) is 23.6 Å². The highest BCUT2D eigenvalue weighted by atomic mass is 35.5. The molecule has 1 fully saturated rings. The van der Waals surface area contributed by atoms with Gasteiger partial charge in [0.05, 0.1) is 22.4 Å². The van der Waals surface area contributed by atoms with E-state index in [-0.39, 0.29) is 16.3 Å². The number of halogens is 1. The monoisotopic (exact) mass is 311 g/mol. The van der Waals surface area contributed by atoms with E-state index in [1.165, 1.54) is 18.2 Å². The van der Waals surface area contributed by atoms with E-state index in [0.29, 0.717) is 0 Å². The molecule has 0 bridgehead atoms. The average Bonchev–Trinajstić information content (AvgIpc) is 2.94. The molecule has 0 saturated heterocycles. The van der Waals surface area contributed by atoms with Gasteiger partial charge in [0.25, 0.3) is 0 Å². The summed E-state index contributed by atoms with van der Waals surface area (Å²) in [6.07, 6.45) is 0. The Morgan fingerprint density at radius 1 is 1.19 bits per heavy atom. The fourth-order valence-electron chi connectivity index (χ4n) is 2.57. The Hall–Kier alpha value is -2.08. The molecule has 112 valence electrons. The van der Waals surface area contributed by atoms with Gasteiger partial charge in [-0.3, -0.25) is 9.59 Å². The lowest BCUT2D eigenvalue weighted by atomic mass is 10.1. The van der Waals surface area contributed by atoms with Crippen LogP contribution in [0.4, 0.5) is 5.69 Å². The molecular weight excluding hydrogens is 298 g/mol. The van der Waals surface area contributed by atoms with Gasteiger partial charge in [-0.2, -0.15) is 0 Å². The summed E-state index contributed by atoms with van der Waals surface area (Å²) >= 11 is 5.74. The van der Waals surface area contributed by atoms with Crippen LogP contribution in [-0.2, 0) is 9.59 Å². The van der Waals surface area contributed by atoms with Crippen LogP contribution in [0, 0.1) is 17.3 Å². The van der Waals surface area contributed by atoms with E-state index in [1.807, 2.05) is 0 Å². The number of hydrogen-bond acceptors (Lipinski definition) is 3. The van der Waals surface area contributed by atoms with Crippen LogP contribution < -0.4 is 5.32 Å². The molecule has 1 aliphatic carbocycles. The van der Waals surface area contributed by atoms with Crippen LogP contribution in [0.15, 0.2) is 18.2 Å². The third-order valence-corrected chi connectivity index (χ3v) is 4.17. The second kappa shape index (κ2) is 5.04. The van der Waals surface area contributed by atoms with Gasteiger partial charge in [0.1, 0.15) is 0 Å². The van der Waals surface area contributed by atoms with E-state index >= 15 is 0 Å². The van der Waals surface area contributed by atoms with E-state index in [4.69, 9.17) is 21.8 Å². The lowest BCUT2D eigenvalue weighted by Crippen LogP contribution is -2.18. The molecule has 0 heterocycles. The Balaban J connectivity index is 2.17. The van der Waals surface area contributed by atoms with Crippen molar-refractivity contribution in [2.24, 2.45) is 17.3 Å². The van der Waals surface area contributed by atoms with E-state index in [9.17, 15) is 14.4 Å². The van der Waals surface area contributed by atoms with E-state index < -0.39 is 35.1 Å². The molecule has 0 aliphatic heterocycles. The molecule has 0 unspecified atom stereocenters. The maximum Gasteiger partial charge on any atom is 0.337 e. The third-order valence-electron chi connectivity index (χ3n) is 3.84. The topological polar surface area (TPSA) is 104 Å². The molecule has 2 atom stereocenters. The van der Waals surface area contributed by atoms with Crippen molar-refractivity contribution >= 4 is 35.1 Å². The summed E-state index contributed by atoms with van der Waals surface area (Å²) in [6.45, 7) is 3.42. The molecule has 21 heavy (non-hydrogen) atoms. The highest BCUT2D eigenvalue weighted by molar-refractivity contribution is 6.33. The van der Waals surface area contributed by atoms with Crippen LogP contribution in [0.3, 0.4) is 0 Å². The minimum Gasteiger partial charge on any atom is -0.481 e. The quantitative estimate of drug-likeness (QED) is 0.791. The Morgan fingerprint density at radius 3 is 2.29 bits per heavy atom. The number of aliphatic carboxylic acids is 1. The molecule has 0 aromatic heterocycles. The number of carboxylic acid groups (broad SMARTS) is 2. The molecule has 7 heteroatoms. The summed E-state index contributed by atoms with van der Waals surface area (Å²) in [7, 11) is 0. The highest BCUT2D eigenvalue weighted by Gasteiger charge is 2.65. The van der Waals surface area contributed by atoms with Crippen LogP contribution >= 0.6 is 11.6 Å². The van der Waals surface area contributed by atoms with Crippen LogP contribution in [0.1, 0.15) is 24.2 Å². The normalized spacial score (nSPS) is 22.4. The molecule has 0 spiro atoms. The zero-order chi connectivity index (χ0) is 15.9. The van der Waals surface area contributed by atoms with Gasteiger partial charge < -0.3 is 15.5 Å². The zero-order valence-electron chi connectivity index (χ0n) is 11.4. The number of amides is 1. The first kappa shape index (κ1) is 15.3. The molecule has 1 aliphatic rings. The molecular formula is C14H14ClNO5. The van der Waals surface area contributed by atoms with Crippen molar-refractivity contribution in [2.75, 3.05) is 5.32 Å². The number of anilines is 1. The summed E-state index contributed by atoms with van der Waals surface area (Å²) in [4.78, 5) is 34.1. The van der Waals surface area contributed by atoms with E-state index in [1.54, 1.807) is 13.8 Å². The number of carbonyl (C=O) groups is 3. The van der Waals surface area contributed by atoms with Crippen LogP contribution in [0.5, 0.6) is 0 Å². The van der Waals surface area contributed by atoms with Crippen molar-refractivity contribution in [1.82, 2.24) is 0 Å². The molecule has 0 radical (unpaired) electrons. The van der Waals surface area contributed by atoms with Crippen molar-refractivity contribution in [3.05, 3.63) is 28.8 Å². The SMILES string of the molecule is CC1(C)[C@H](C(=O)O)[C@@H]1C(=O)Nc1ccc(Cl)c(C(=O)O)c1. The van der Waals surface area contributed by atoms with Crippen molar-refractivity contribution in [3.8, 4) is 0 Å². The van der Waals surface area contributed by atoms with Crippen LogP contribution in [0.25, 0.3) is 0 Å². The maximum absolute atomic E-state index is 12.1. The second-order valence-corrected chi connectivity index (χ2v) is 6.01. The molecule has 1 saturated carbocycles. The summed E-state index contributed by atoms with van der Waals surface area (Å²) in [6, 6.07) is 4.08. The third kappa shape index (κ3) is 2.71. The number of carboxylic acids is 2. The minimum atomic E-state index is -1.20. The minimum absolute atomic E-state index is 0.0654. The van der Waals surface area contributed by atoms with Crippen molar-refractivity contribution < 1.29 is 24.6 Å². The summed E-state index contributed by atoms with van der Waals surface area (Å²) in [5.74, 6) is -4.03. The molecule has 1 aromatic rings. The van der Waals surface area contributed by atoms with Gasteiger partial charge in [0.15, 0.2) is 0 Å². The smallest absolute Gasteiger partial charge is 0.337 e. The number of carbonyl (C=O) groups excluding carboxylic acids is 1. The second-order valence-electron chi connectivity index (χ2n) is 5.60. The zero-order valence-corrected chi connectivity index (χ0v) is 12.1. The van der Waals surface area contributed by atoms with Gasteiger partial charge in [0.2, 0.25) is 5.91 Å². The van der Waals surface area contributed by atoms with Crippen molar-refractivity contribution in [2.45, 2.75) is 13.8 Å². The highest BCUT2D eigenvalue weighted by Crippen LogP contribution is 2.58. The standard InChI is InChI=1S/C14H14ClNO5/c1-14(2)9(10(14)13(20)21)11(17)16-6-3-4-8(15)7(5-6)12(18)19/h3-5,9-10H,1-2H3,(H,16,17)(H,18,19)(H,20,21)/t9-,10+/m1/s1. The van der Waals surface area contributed by atoms with E-state index in [2.05, 4.69) is 5.32 Å². The Kier molecular flexibility index (Phi) is 3.67. The van der Waals surface area contributed by atoms with Crippen molar-refractivity contribution in [3.63, 3.8) is 0 Å². The first-order chi connectivity index (χ1) is 9.66. The lowest BCUT2D eigenvalue weighted by molar-refractivity contribution is -0.140. The van der Waals surface area contributed by atoms with Gasteiger partial charge >= 0.3 is 11.9 Å². The summed E-state index contributed by atoms with van der Waals surface area (Å²) < 4.78 is 0. The van der Waals surface area contributed by atoms with Crippen LogP contribution in [0.2, 0.25) is 5.02 Å². The van der Waals surface area contributed by atoms with Gasteiger partial charge in [-0.15, -0.1) is 0 Å². The maximum atomic E-state index is 12.1. The fraction of sp³-hybridized carbons (Fsp3) is 0.357. The summed E-state index contributed by atoms with van der Waals surface area (Å²) in [5.41, 5.74) is -0.467. The fourth-order valence-corrected chi connectivity index (χ4v) is 2.77. The van der Waals surface area contributed by atoms with Gasteiger partial charge in [-0.1, -0.05) is 25.4 Å². The first-order valence-electron chi connectivity index (χ1n) is 6.22.